The second kappa shape index (κ2) is 6.39. The number of halogens is 3. The maximum atomic E-state index is 10.7. The molecule has 0 amide bonds. The van der Waals surface area contributed by atoms with Gasteiger partial charge in [-0.3, -0.25) is 9.45 Å². The highest BCUT2D eigenvalue weighted by molar-refractivity contribution is 7.86. The van der Waals surface area contributed by atoms with Crippen LogP contribution in [0.15, 0.2) is 11.4 Å². The molecular formula is C10H14F3NO4S2. The summed E-state index contributed by atoms with van der Waals surface area (Å²) in [5, 5.41) is 2.15. The smallest absolute Gasteiger partial charge is 0.358 e. The Balaban J connectivity index is 0.000000221. The zero-order valence-corrected chi connectivity index (χ0v) is 12.3. The van der Waals surface area contributed by atoms with Gasteiger partial charge >= 0.3 is 15.6 Å². The summed E-state index contributed by atoms with van der Waals surface area (Å²) in [5.41, 5.74) is -4.07. The highest BCUT2D eigenvalue weighted by Crippen LogP contribution is 2.32. The van der Waals surface area contributed by atoms with Gasteiger partial charge < -0.3 is 4.74 Å². The van der Waals surface area contributed by atoms with Crippen LogP contribution in [0.4, 0.5) is 13.2 Å². The van der Waals surface area contributed by atoms with Crippen molar-refractivity contribution in [3.05, 3.63) is 21.9 Å². The first kappa shape index (κ1) is 17.4. The fourth-order valence-corrected chi connectivity index (χ4v) is 2.61. The molecule has 0 aliphatic carbocycles. The van der Waals surface area contributed by atoms with E-state index >= 15 is 0 Å². The first-order valence-electron chi connectivity index (χ1n) is 5.42. The van der Waals surface area contributed by atoms with Crippen molar-refractivity contribution in [3.63, 3.8) is 0 Å². The van der Waals surface area contributed by atoms with Crippen LogP contribution >= 0.6 is 11.3 Å². The first-order chi connectivity index (χ1) is 9.04. The number of nitrogens with zero attached hydrogens (tertiary/aromatic N) is 1. The molecule has 1 unspecified atom stereocenters. The largest absolute Gasteiger partial charge is 0.522 e. The van der Waals surface area contributed by atoms with E-state index in [1.165, 1.54) is 10.4 Å². The summed E-state index contributed by atoms with van der Waals surface area (Å²) in [6.07, 6.45) is 1.26. The predicted octanol–water partition coefficient (Wildman–Crippen LogP) is 2.27. The molecule has 2 heterocycles. The highest BCUT2D eigenvalue weighted by atomic mass is 32.2. The fraction of sp³-hybridized carbons (Fsp3) is 0.600. The Bertz CT molecular complexity index is 539. The zero-order valence-electron chi connectivity index (χ0n) is 10.7. The van der Waals surface area contributed by atoms with E-state index in [0.717, 1.165) is 13.0 Å². The molecule has 5 nitrogen and oxygen atoms in total. The molecule has 0 radical (unpaired) electrons. The van der Waals surface area contributed by atoms with Crippen LogP contribution in [-0.4, -0.2) is 44.1 Å². The normalized spacial score (nSPS) is 19.2. The molecule has 0 spiro atoms. The standard InChI is InChI=1S/C9H13NOS.CHF3O3S/c1-10(2)9-8-7(3-5-11-9)4-6-12-8;2-1(3,4)8(5,6)7/h4,6,9H,3,5H2,1-2H3;(H,5,6,7). The van der Waals surface area contributed by atoms with Gasteiger partial charge in [-0.05, 0) is 37.5 Å². The SMILES string of the molecule is CN(C)C1OCCc2ccsc21.O=S(=O)(O)C(F)(F)F. The number of hydrogen-bond donors (Lipinski definition) is 1. The minimum atomic E-state index is -5.84. The molecule has 2 rings (SSSR count). The fourth-order valence-electron chi connectivity index (χ4n) is 1.51. The third-order valence-corrected chi connectivity index (χ3v) is 3.99. The molecule has 10 heteroatoms. The molecule has 1 N–H and O–H groups in total. The number of fused-ring (bicyclic) bond motifs is 1. The Labute approximate surface area is 118 Å². The van der Waals surface area contributed by atoms with Gasteiger partial charge in [-0.15, -0.1) is 11.3 Å². The van der Waals surface area contributed by atoms with Crippen molar-refractivity contribution in [2.75, 3.05) is 20.7 Å². The Kier molecular flexibility index (Phi) is 5.55. The molecule has 0 fully saturated rings. The number of alkyl halides is 3. The van der Waals surface area contributed by atoms with E-state index in [1.54, 1.807) is 11.3 Å². The lowest BCUT2D eigenvalue weighted by atomic mass is 10.1. The van der Waals surface area contributed by atoms with Gasteiger partial charge in [0, 0.05) is 0 Å². The van der Waals surface area contributed by atoms with Crippen LogP contribution in [0.3, 0.4) is 0 Å². The van der Waals surface area contributed by atoms with E-state index in [2.05, 4.69) is 30.4 Å². The molecular weight excluding hydrogens is 319 g/mol. The number of ether oxygens (including phenoxy) is 1. The number of rotatable bonds is 1. The molecule has 20 heavy (non-hydrogen) atoms. The predicted molar refractivity (Wildman–Crippen MR) is 68.0 cm³/mol. The molecule has 116 valence electrons. The molecule has 0 bridgehead atoms. The Morgan fingerprint density at radius 2 is 2.00 bits per heavy atom. The van der Waals surface area contributed by atoms with Crippen LogP contribution in [0.1, 0.15) is 16.7 Å². The third kappa shape index (κ3) is 4.42. The maximum absolute atomic E-state index is 10.7. The van der Waals surface area contributed by atoms with Crippen molar-refractivity contribution in [3.8, 4) is 0 Å². The lowest BCUT2D eigenvalue weighted by molar-refractivity contribution is -0.0510. The molecule has 1 atom stereocenters. The van der Waals surface area contributed by atoms with Gasteiger partial charge in [0.2, 0.25) is 0 Å². The van der Waals surface area contributed by atoms with Gasteiger partial charge in [0.15, 0.2) is 0 Å². The second-order valence-corrected chi connectivity index (χ2v) is 6.53. The Hall–Kier alpha value is -0.680. The van der Waals surface area contributed by atoms with Gasteiger partial charge in [0.05, 0.1) is 11.5 Å². The van der Waals surface area contributed by atoms with Crippen molar-refractivity contribution >= 4 is 21.5 Å². The van der Waals surface area contributed by atoms with Crippen LogP contribution in [0, 0.1) is 0 Å². The van der Waals surface area contributed by atoms with Gasteiger partial charge in [-0.2, -0.15) is 21.6 Å². The van der Waals surface area contributed by atoms with E-state index in [4.69, 9.17) is 17.7 Å². The first-order valence-corrected chi connectivity index (χ1v) is 7.74. The summed E-state index contributed by atoms with van der Waals surface area (Å²) in [7, 11) is -1.73. The van der Waals surface area contributed by atoms with Gasteiger partial charge in [0.1, 0.15) is 6.23 Å². The molecule has 1 aliphatic heterocycles. The van der Waals surface area contributed by atoms with E-state index in [0.29, 0.717) is 0 Å². The van der Waals surface area contributed by atoms with Gasteiger partial charge in [-0.1, -0.05) is 0 Å². The summed E-state index contributed by atoms with van der Waals surface area (Å²) < 4.78 is 63.2. The van der Waals surface area contributed by atoms with Crippen molar-refractivity contribution in [1.29, 1.82) is 0 Å². The molecule has 1 aliphatic rings. The lowest BCUT2D eigenvalue weighted by Crippen LogP contribution is -2.26. The summed E-state index contributed by atoms with van der Waals surface area (Å²) >= 11 is 1.80. The van der Waals surface area contributed by atoms with E-state index in [9.17, 15) is 13.2 Å². The average molecular weight is 333 g/mol. The Morgan fingerprint density at radius 3 is 2.45 bits per heavy atom. The molecule has 0 saturated heterocycles. The zero-order chi connectivity index (χ0) is 15.6. The van der Waals surface area contributed by atoms with Crippen molar-refractivity contribution in [2.24, 2.45) is 0 Å². The molecule has 0 saturated carbocycles. The Morgan fingerprint density at radius 1 is 1.45 bits per heavy atom. The third-order valence-electron chi connectivity index (χ3n) is 2.41. The van der Waals surface area contributed by atoms with Gasteiger partial charge in [0.25, 0.3) is 0 Å². The monoisotopic (exact) mass is 333 g/mol. The van der Waals surface area contributed by atoms with E-state index in [1.807, 2.05) is 0 Å². The van der Waals surface area contributed by atoms with Gasteiger partial charge in [-0.25, -0.2) is 0 Å². The molecule has 1 aromatic heterocycles. The molecule has 1 aromatic rings. The lowest BCUT2D eigenvalue weighted by Gasteiger charge is -2.28. The van der Waals surface area contributed by atoms with Crippen molar-refractivity contribution in [2.45, 2.75) is 18.2 Å². The average Bonchev–Trinajstić information content (AvgIpc) is 2.74. The van der Waals surface area contributed by atoms with Crippen molar-refractivity contribution < 1.29 is 30.9 Å². The van der Waals surface area contributed by atoms with Crippen LogP contribution in [0.5, 0.6) is 0 Å². The van der Waals surface area contributed by atoms with E-state index < -0.39 is 15.6 Å². The number of thiophene rings is 1. The summed E-state index contributed by atoms with van der Waals surface area (Å²) in [5.74, 6) is 0. The van der Waals surface area contributed by atoms with Crippen LogP contribution in [0.25, 0.3) is 0 Å². The maximum Gasteiger partial charge on any atom is 0.522 e. The highest BCUT2D eigenvalue weighted by Gasteiger charge is 2.44. The summed E-state index contributed by atoms with van der Waals surface area (Å²) in [6.45, 7) is 0.854. The minimum absolute atomic E-state index is 0.189. The minimum Gasteiger partial charge on any atom is -0.358 e. The molecule has 0 aromatic carbocycles. The topological polar surface area (TPSA) is 66.8 Å². The van der Waals surface area contributed by atoms with E-state index in [-0.39, 0.29) is 6.23 Å². The van der Waals surface area contributed by atoms with Crippen molar-refractivity contribution in [1.82, 2.24) is 4.90 Å². The summed E-state index contributed by atoms with van der Waals surface area (Å²) in [4.78, 5) is 3.50. The van der Waals surface area contributed by atoms with Crippen LogP contribution in [-0.2, 0) is 21.3 Å². The number of hydrogen-bond acceptors (Lipinski definition) is 5. The second-order valence-electron chi connectivity index (χ2n) is 4.17. The van der Waals surface area contributed by atoms with Crippen LogP contribution in [0.2, 0.25) is 0 Å². The summed E-state index contributed by atoms with van der Waals surface area (Å²) in [6, 6.07) is 2.21. The quantitative estimate of drug-likeness (QED) is 0.631. The van der Waals surface area contributed by atoms with Crippen LogP contribution < -0.4 is 0 Å².